The number of nitrogens with zero attached hydrogens (tertiary/aromatic N) is 2. The highest BCUT2D eigenvalue weighted by Crippen LogP contribution is 2.29. The molecule has 1 aromatic heterocycles. The number of nitrogens with one attached hydrogen (secondary N) is 1. The highest BCUT2D eigenvalue weighted by atomic mass is 35.5. The Labute approximate surface area is 124 Å². The number of hydrogen-bond donors (Lipinski definition) is 2. The number of rotatable bonds is 3. The number of hydrogen-bond acceptors (Lipinski definition) is 4. The maximum absolute atomic E-state index is 12.2. The standard InChI is InChI=1S/C14H21ClN4O/c1-14(3-5-19(2)6-4-14)9-18-13(20)10-7-12(15)17-8-11(10)16/h7-8H,3-6,9,16H2,1-2H3,(H,18,20). The van der Waals surface area contributed by atoms with Gasteiger partial charge in [0.25, 0.3) is 5.91 Å². The van der Waals surface area contributed by atoms with Crippen molar-refractivity contribution >= 4 is 23.2 Å². The lowest BCUT2D eigenvalue weighted by molar-refractivity contribution is 0.0892. The minimum Gasteiger partial charge on any atom is -0.397 e. The molecule has 2 rings (SSSR count). The van der Waals surface area contributed by atoms with Crippen molar-refractivity contribution in [3.63, 3.8) is 0 Å². The summed E-state index contributed by atoms with van der Waals surface area (Å²) in [6, 6.07) is 1.50. The Kier molecular flexibility index (Phi) is 4.50. The van der Waals surface area contributed by atoms with Crippen LogP contribution in [0.4, 0.5) is 5.69 Å². The molecule has 2 heterocycles. The molecular weight excluding hydrogens is 276 g/mol. The van der Waals surface area contributed by atoms with Gasteiger partial charge in [-0.25, -0.2) is 4.98 Å². The monoisotopic (exact) mass is 296 g/mol. The molecule has 1 saturated heterocycles. The SMILES string of the molecule is CN1CCC(C)(CNC(=O)c2cc(Cl)ncc2N)CC1. The lowest BCUT2D eigenvalue weighted by Gasteiger charge is -2.38. The summed E-state index contributed by atoms with van der Waals surface area (Å²) >= 11 is 5.80. The van der Waals surface area contributed by atoms with Crippen molar-refractivity contribution in [1.82, 2.24) is 15.2 Å². The van der Waals surface area contributed by atoms with Gasteiger partial charge >= 0.3 is 0 Å². The van der Waals surface area contributed by atoms with Gasteiger partial charge in [0.2, 0.25) is 0 Å². The minimum atomic E-state index is -0.188. The molecule has 0 aromatic carbocycles. The summed E-state index contributed by atoms with van der Waals surface area (Å²) in [6.07, 6.45) is 3.57. The van der Waals surface area contributed by atoms with E-state index in [4.69, 9.17) is 17.3 Å². The molecule has 1 aliphatic heterocycles. The number of amides is 1. The highest BCUT2D eigenvalue weighted by Gasteiger charge is 2.29. The molecule has 6 heteroatoms. The molecule has 0 radical (unpaired) electrons. The Morgan fingerprint density at radius 1 is 1.55 bits per heavy atom. The molecule has 1 fully saturated rings. The summed E-state index contributed by atoms with van der Waals surface area (Å²) in [7, 11) is 2.12. The largest absolute Gasteiger partial charge is 0.397 e. The molecule has 1 amide bonds. The zero-order chi connectivity index (χ0) is 14.8. The zero-order valence-corrected chi connectivity index (χ0v) is 12.7. The fourth-order valence-electron chi connectivity index (χ4n) is 2.36. The molecular formula is C14H21ClN4O. The van der Waals surface area contributed by atoms with Crippen LogP contribution in [0.1, 0.15) is 30.1 Å². The number of halogens is 1. The number of pyridine rings is 1. The van der Waals surface area contributed by atoms with Gasteiger partial charge in [0.1, 0.15) is 5.15 Å². The Bertz CT molecular complexity index is 498. The van der Waals surface area contributed by atoms with E-state index in [2.05, 4.69) is 29.2 Å². The lowest BCUT2D eigenvalue weighted by atomic mass is 9.80. The minimum absolute atomic E-state index is 0.147. The first-order valence-corrected chi connectivity index (χ1v) is 7.15. The molecule has 0 bridgehead atoms. The van der Waals surface area contributed by atoms with Crippen molar-refractivity contribution in [3.05, 3.63) is 23.0 Å². The number of likely N-dealkylation sites (tertiary alicyclic amines) is 1. The van der Waals surface area contributed by atoms with Crippen LogP contribution >= 0.6 is 11.6 Å². The second-order valence-electron chi connectivity index (χ2n) is 5.89. The van der Waals surface area contributed by atoms with Gasteiger partial charge in [-0.15, -0.1) is 0 Å². The van der Waals surface area contributed by atoms with E-state index in [-0.39, 0.29) is 16.5 Å². The molecule has 110 valence electrons. The van der Waals surface area contributed by atoms with Crippen molar-refractivity contribution < 1.29 is 4.79 Å². The first kappa shape index (κ1) is 15.1. The van der Waals surface area contributed by atoms with Crippen molar-refractivity contribution in [3.8, 4) is 0 Å². The molecule has 0 atom stereocenters. The van der Waals surface area contributed by atoms with Crippen molar-refractivity contribution in [2.75, 3.05) is 32.4 Å². The van der Waals surface area contributed by atoms with E-state index in [1.165, 1.54) is 12.3 Å². The van der Waals surface area contributed by atoms with E-state index in [1.807, 2.05) is 0 Å². The molecule has 3 N–H and O–H groups in total. The molecule has 0 spiro atoms. The van der Waals surface area contributed by atoms with E-state index in [0.717, 1.165) is 25.9 Å². The first-order valence-electron chi connectivity index (χ1n) is 6.77. The summed E-state index contributed by atoms with van der Waals surface area (Å²) in [5, 5.41) is 3.24. The van der Waals surface area contributed by atoms with Gasteiger partial charge in [0, 0.05) is 6.54 Å². The number of carbonyl (C=O) groups excluding carboxylic acids is 1. The zero-order valence-electron chi connectivity index (χ0n) is 11.9. The summed E-state index contributed by atoms with van der Waals surface area (Å²) in [5.41, 5.74) is 6.65. The van der Waals surface area contributed by atoms with Gasteiger partial charge in [-0.3, -0.25) is 4.79 Å². The van der Waals surface area contributed by atoms with Crippen LogP contribution in [0, 0.1) is 5.41 Å². The maximum Gasteiger partial charge on any atom is 0.253 e. The second kappa shape index (κ2) is 5.97. The predicted octanol–water partition coefficient (Wildman–Crippen LogP) is 1.78. The average molecular weight is 297 g/mol. The first-order chi connectivity index (χ1) is 9.39. The second-order valence-corrected chi connectivity index (χ2v) is 6.28. The molecule has 0 saturated carbocycles. The van der Waals surface area contributed by atoms with Crippen LogP contribution in [0.25, 0.3) is 0 Å². The quantitative estimate of drug-likeness (QED) is 0.834. The normalized spacial score (nSPS) is 18.8. The number of anilines is 1. The summed E-state index contributed by atoms with van der Waals surface area (Å²) in [4.78, 5) is 18.3. The third-order valence-electron chi connectivity index (χ3n) is 4.02. The molecule has 0 unspecified atom stereocenters. The van der Waals surface area contributed by atoms with Crippen molar-refractivity contribution in [2.45, 2.75) is 19.8 Å². The van der Waals surface area contributed by atoms with E-state index < -0.39 is 0 Å². The van der Waals surface area contributed by atoms with Gasteiger partial charge in [-0.2, -0.15) is 0 Å². The molecule has 5 nitrogen and oxygen atoms in total. The van der Waals surface area contributed by atoms with Crippen LogP contribution in [0.15, 0.2) is 12.3 Å². The smallest absolute Gasteiger partial charge is 0.253 e. The molecule has 1 aliphatic rings. The Hall–Kier alpha value is -1.33. The van der Waals surface area contributed by atoms with E-state index in [0.29, 0.717) is 17.8 Å². The van der Waals surface area contributed by atoms with Gasteiger partial charge in [0.15, 0.2) is 0 Å². The van der Waals surface area contributed by atoms with Gasteiger partial charge in [-0.05, 0) is 44.5 Å². The third kappa shape index (κ3) is 3.61. The maximum atomic E-state index is 12.2. The predicted molar refractivity (Wildman–Crippen MR) is 80.8 cm³/mol. The number of nitrogens with two attached hydrogens (primary N) is 1. The van der Waals surface area contributed by atoms with Crippen LogP contribution in [0.5, 0.6) is 0 Å². The highest BCUT2D eigenvalue weighted by molar-refractivity contribution is 6.29. The van der Waals surface area contributed by atoms with Gasteiger partial charge in [0.05, 0.1) is 17.4 Å². The van der Waals surface area contributed by atoms with Gasteiger partial charge in [-0.1, -0.05) is 18.5 Å². The van der Waals surface area contributed by atoms with E-state index in [1.54, 1.807) is 0 Å². The van der Waals surface area contributed by atoms with Crippen LogP contribution < -0.4 is 11.1 Å². The number of aromatic nitrogens is 1. The van der Waals surface area contributed by atoms with Gasteiger partial charge < -0.3 is 16.0 Å². The lowest BCUT2D eigenvalue weighted by Crippen LogP contribution is -2.43. The Balaban J connectivity index is 1.97. The fraction of sp³-hybridized carbons (Fsp3) is 0.571. The van der Waals surface area contributed by atoms with E-state index >= 15 is 0 Å². The van der Waals surface area contributed by atoms with Crippen LogP contribution in [0.3, 0.4) is 0 Å². The average Bonchev–Trinajstić information content (AvgIpc) is 2.43. The molecule has 20 heavy (non-hydrogen) atoms. The Morgan fingerprint density at radius 2 is 2.20 bits per heavy atom. The number of carbonyl (C=O) groups is 1. The van der Waals surface area contributed by atoms with Crippen LogP contribution in [-0.4, -0.2) is 42.5 Å². The number of piperidine rings is 1. The third-order valence-corrected chi connectivity index (χ3v) is 4.22. The summed E-state index contributed by atoms with van der Waals surface area (Å²) < 4.78 is 0. The van der Waals surface area contributed by atoms with Crippen LogP contribution in [-0.2, 0) is 0 Å². The summed E-state index contributed by atoms with van der Waals surface area (Å²) in [5.74, 6) is -0.188. The van der Waals surface area contributed by atoms with Crippen molar-refractivity contribution in [1.29, 1.82) is 0 Å². The number of nitrogen functional groups attached to an aromatic ring is 1. The topological polar surface area (TPSA) is 71.2 Å². The fourth-order valence-corrected chi connectivity index (χ4v) is 2.52. The molecule has 0 aliphatic carbocycles. The van der Waals surface area contributed by atoms with E-state index in [9.17, 15) is 4.79 Å². The summed E-state index contributed by atoms with van der Waals surface area (Å²) in [6.45, 7) is 4.99. The van der Waals surface area contributed by atoms with Crippen molar-refractivity contribution in [2.24, 2.45) is 5.41 Å². The molecule has 1 aromatic rings. The van der Waals surface area contributed by atoms with Crippen LogP contribution in [0.2, 0.25) is 5.15 Å². The Morgan fingerprint density at radius 3 is 2.85 bits per heavy atom.